The molecule has 1 aromatic rings. The molecule has 0 bridgehead atoms. The number of hydrogen-bond acceptors (Lipinski definition) is 3. The largest absolute Gasteiger partial charge is 0.492 e. The molecular formula is C17H25Br2NO2. The molecule has 1 fully saturated rings. The van der Waals surface area contributed by atoms with Crippen LogP contribution in [-0.4, -0.2) is 42.4 Å². The predicted molar refractivity (Wildman–Crippen MR) is 97.6 cm³/mol. The molecule has 0 aromatic heterocycles. The number of ether oxygens (including phenoxy) is 1. The van der Waals surface area contributed by atoms with Gasteiger partial charge in [-0.2, -0.15) is 0 Å². The fourth-order valence-corrected chi connectivity index (χ4v) is 4.64. The number of aliphatic hydroxyl groups excluding tert-OH is 1. The molecular weight excluding hydrogens is 410 g/mol. The highest BCUT2D eigenvalue weighted by molar-refractivity contribution is 9.11. The molecule has 2 unspecified atom stereocenters. The van der Waals surface area contributed by atoms with Crippen molar-refractivity contribution >= 4 is 31.9 Å². The van der Waals surface area contributed by atoms with Gasteiger partial charge in [0.15, 0.2) is 0 Å². The summed E-state index contributed by atoms with van der Waals surface area (Å²) in [6.07, 6.45) is 2.75. The normalized spacial score (nSPS) is 22.8. The van der Waals surface area contributed by atoms with E-state index in [1.54, 1.807) is 0 Å². The second-order valence-electron chi connectivity index (χ2n) is 5.94. The van der Waals surface area contributed by atoms with Crippen LogP contribution in [0.15, 0.2) is 21.1 Å². The molecule has 1 aromatic carbocycles. The Morgan fingerprint density at radius 2 is 1.95 bits per heavy atom. The molecule has 124 valence electrons. The van der Waals surface area contributed by atoms with Gasteiger partial charge in [-0.15, -0.1) is 0 Å². The van der Waals surface area contributed by atoms with Crippen molar-refractivity contribution in [1.29, 1.82) is 0 Å². The maximum Gasteiger partial charge on any atom is 0.147 e. The van der Waals surface area contributed by atoms with Crippen molar-refractivity contribution in [2.24, 2.45) is 5.92 Å². The highest BCUT2D eigenvalue weighted by Crippen LogP contribution is 2.36. The fourth-order valence-electron chi connectivity index (χ4n) is 3.13. The first kappa shape index (κ1) is 18.2. The average molecular weight is 435 g/mol. The highest BCUT2D eigenvalue weighted by Gasteiger charge is 2.27. The molecule has 3 nitrogen and oxygen atoms in total. The lowest BCUT2D eigenvalue weighted by Gasteiger charge is -2.36. The van der Waals surface area contributed by atoms with E-state index in [1.807, 2.05) is 6.92 Å². The molecule has 1 aliphatic heterocycles. The molecule has 1 N–H and O–H groups in total. The van der Waals surface area contributed by atoms with E-state index in [9.17, 15) is 5.11 Å². The summed E-state index contributed by atoms with van der Waals surface area (Å²) in [5.41, 5.74) is 1.23. The van der Waals surface area contributed by atoms with Crippen LogP contribution in [0.1, 0.15) is 32.3 Å². The van der Waals surface area contributed by atoms with Crippen LogP contribution in [0.25, 0.3) is 0 Å². The molecule has 0 spiro atoms. The minimum Gasteiger partial charge on any atom is -0.492 e. The number of nitrogens with zero attached hydrogens (tertiary/aromatic N) is 1. The van der Waals surface area contributed by atoms with Crippen LogP contribution in [0.4, 0.5) is 0 Å². The Balaban J connectivity index is 2.08. The Morgan fingerprint density at radius 3 is 2.55 bits per heavy atom. The fraction of sp³-hybridized carbons (Fsp3) is 0.647. The van der Waals surface area contributed by atoms with Crippen molar-refractivity contribution in [3.8, 4) is 5.75 Å². The van der Waals surface area contributed by atoms with E-state index in [-0.39, 0.29) is 6.10 Å². The van der Waals surface area contributed by atoms with Gasteiger partial charge in [-0.05, 0) is 82.3 Å². The van der Waals surface area contributed by atoms with E-state index in [0.717, 1.165) is 47.2 Å². The zero-order chi connectivity index (χ0) is 16.1. The molecule has 1 aliphatic rings. The van der Waals surface area contributed by atoms with Crippen molar-refractivity contribution in [3.63, 3.8) is 0 Å². The van der Waals surface area contributed by atoms with Crippen LogP contribution in [0.3, 0.4) is 0 Å². The number of piperidine rings is 1. The Hall–Kier alpha value is -0.100. The molecule has 0 saturated carbocycles. The van der Waals surface area contributed by atoms with E-state index in [4.69, 9.17) is 4.74 Å². The third kappa shape index (κ3) is 4.70. The van der Waals surface area contributed by atoms with Gasteiger partial charge in [-0.3, -0.25) is 0 Å². The van der Waals surface area contributed by atoms with Gasteiger partial charge in [-0.25, -0.2) is 0 Å². The molecule has 0 amide bonds. The first-order valence-corrected chi connectivity index (χ1v) is 9.64. The topological polar surface area (TPSA) is 32.7 Å². The van der Waals surface area contributed by atoms with Crippen LogP contribution in [0, 0.1) is 5.92 Å². The van der Waals surface area contributed by atoms with Crippen LogP contribution in [-0.2, 0) is 6.42 Å². The third-order valence-corrected chi connectivity index (χ3v) is 5.34. The van der Waals surface area contributed by atoms with Crippen LogP contribution >= 0.6 is 31.9 Å². The van der Waals surface area contributed by atoms with Crippen molar-refractivity contribution in [2.45, 2.75) is 39.2 Å². The van der Waals surface area contributed by atoms with Crippen LogP contribution in [0.5, 0.6) is 5.75 Å². The quantitative estimate of drug-likeness (QED) is 0.726. The van der Waals surface area contributed by atoms with Crippen LogP contribution < -0.4 is 4.74 Å². The summed E-state index contributed by atoms with van der Waals surface area (Å²) < 4.78 is 7.57. The Bertz CT molecular complexity index is 473. The minimum atomic E-state index is -0.197. The molecule has 1 saturated heterocycles. The third-order valence-electron chi connectivity index (χ3n) is 4.16. The molecule has 2 rings (SSSR count). The average Bonchev–Trinajstić information content (AvgIpc) is 2.47. The minimum absolute atomic E-state index is 0.197. The predicted octanol–water partition coefficient (Wildman–Crippen LogP) is 4.25. The van der Waals surface area contributed by atoms with Gasteiger partial charge in [-0.1, -0.05) is 6.92 Å². The van der Waals surface area contributed by atoms with Crippen molar-refractivity contribution in [1.82, 2.24) is 4.90 Å². The Morgan fingerprint density at radius 1 is 1.27 bits per heavy atom. The first-order chi connectivity index (χ1) is 10.5. The van der Waals surface area contributed by atoms with Gasteiger partial charge < -0.3 is 14.7 Å². The molecule has 5 heteroatoms. The number of likely N-dealkylation sites (tertiary alicyclic amines) is 1. The molecule has 2 atom stereocenters. The van der Waals surface area contributed by atoms with Crippen LogP contribution in [0.2, 0.25) is 0 Å². The van der Waals surface area contributed by atoms with Gasteiger partial charge in [0.1, 0.15) is 5.75 Å². The SMILES string of the molecule is CCCN1CCC(O)C(Cc2cc(Br)c(OCC)c(Br)c2)C1. The van der Waals surface area contributed by atoms with E-state index < -0.39 is 0 Å². The highest BCUT2D eigenvalue weighted by atomic mass is 79.9. The Kier molecular flexibility index (Phi) is 7.19. The lowest BCUT2D eigenvalue weighted by molar-refractivity contribution is 0.0270. The number of hydrogen-bond donors (Lipinski definition) is 1. The molecule has 22 heavy (non-hydrogen) atoms. The zero-order valence-corrected chi connectivity index (χ0v) is 16.5. The first-order valence-electron chi connectivity index (χ1n) is 8.06. The lowest BCUT2D eigenvalue weighted by atomic mass is 9.88. The maximum atomic E-state index is 10.3. The summed E-state index contributed by atoms with van der Waals surface area (Å²) in [6.45, 7) is 7.96. The van der Waals surface area contributed by atoms with Crippen molar-refractivity contribution in [2.75, 3.05) is 26.2 Å². The van der Waals surface area contributed by atoms with E-state index >= 15 is 0 Å². The molecule has 1 heterocycles. The smallest absolute Gasteiger partial charge is 0.147 e. The van der Waals surface area contributed by atoms with Gasteiger partial charge in [0.25, 0.3) is 0 Å². The second-order valence-corrected chi connectivity index (χ2v) is 7.65. The zero-order valence-electron chi connectivity index (χ0n) is 13.3. The Labute approximate surface area is 150 Å². The standard InChI is InChI=1S/C17H25Br2NO2/c1-3-6-20-7-5-16(21)13(11-20)8-12-9-14(18)17(22-4-2)15(19)10-12/h9-10,13,16,21H,3-8,11H2,1-2H3. The summed E-state index contributed by atoms with van der Waals surface area (Å²) in [6, 6.07) is 4.22. The number of rotatable bonds is 6. The molecule has 0 aliphatic carbocycles. The molecule has 0 radical (unpaired) electrons. The summed E-state index contributed by atoms with van der Waals surface area (Å²) in [5, 5.41) is 10.3. The van der Waals surface area contributed by atoms with E-state index in [2.05, 4.69) is 55.8 Å². The summed E-state index contributed by atoms with van der Waals surface area (Å²) in [7, 11) is 0. The van der Waals surface area contributed by atoms with Gasteiger partial charge in [0, 0.05) is 19.0 Å². The summed E-state index contributed by atoms with van der Waals surface area (Å²) >= 11 is 7.18. The monoisotopic (exact) mass is 433 g/mol. The second kappa shape index (κ2) is 8.67. The maximum absolute atomic E-state index is 10.3. The lowest BCUT2D eigenvalue weighted by Crippen LogP contribution is -2.44. The number of aliphatic hydroxyl groups is 1. The number of halogens is 2. The van der Waals surface area contributed by atoms with Gasteiger partial charge in [0.2, 0.25) is 0 Å². The van der Waals surface area contributed by atoms with Gasteiger partial charge in [0.05, 0.1) is 21.7 Å². The summed E-state index contributed by atoms with van der Waals surface area (Å²) in [5.74, 6) is 1.15. The van der Waals surface area contributed by atoms with Crippen molar-refractivity contribution < 1.29 is 9.84 Å². The van der Waals surface area contributed by atoms with E-state index in [0.29, 0.717) is 12.5 Å². The summed E-state index contributed by atoms with van der Waals surface area (Å²) in [4.78, 5) is 2.47. The van der Waals surface area contributed by atoms with Gasteiger partial charge >= 0.3 is 0 Å². The van der Waals surface area contributed by atoms with E-state index in [1.165, 1.54) is 12.0 Å². The van der Waals surface area contributed by atoms with Crippen molar-refractivity contribution in [3.05, 3.63) is 26.6 Å². The number of benzene rings is 1.